The standard InChI is InChI=1S/C25H28N2O4S/c1-17-14-18(2)24(19(3)15-17)32(29,30)27-22(16-20-10-6-5-7-11-20)25(28)26-21-12-8-9-13-23(21)31-4/h5-15,22,27H,16H2,1-4H3,(H,26,28)/t22-/m0/s1. The monoisotopic (exact) mass is 452 g/mol. The first kappa shape index (κ1) is 23.5. The third-order valence-electron chi connectivity index (χ3n) is 5.13. The number of ether oxygens (including phenoxy) is 1. The first-order valence-electron chi connectivity index (χ1n) is 10.3. The predicted molar refractivity (Wildman–Crippen MR) is 127 cm³/mol. The highest BCUT2D eigenvalue weighted by Gasteiger charge is 2.29. The molecular weight excluding hydrogens is 424 g/mol. The normalized spacial score (nSPS) is 12.2. The van der Waals surface area contributed by atoms with E-state index >= 15 is 0 Å². The molecule has 7 heteroatoms. The van der Waals surface area contributed by atoms with Gasteiger partial charge in [-0.25, -0.2) is 8.42 Å². The number of rotatable bonds is 8. The summed E-state index contributed by atoms with van der Waals surface area (Å²) in [5, 5.41) is 2.80. The van der Waals surface area contributed by atoms with E-state index in [1.807, 2.05) is 49.4 Å². The van der Waals surface area contributed by atoms with Crippen LogP contribution >= 0.6 is 0 Å². The first-order chi connectivity index (χ1) is 15.2. The molecule has 0 radical (unpaired) electrons. The predicted octanol–water partition coefficient (Wildman–Crippen LogP) is 4.15. The van der Waals surface area contributed by atoms with Gasteiger partial charge in [0.1, 0.15) is 11.8 Å². The van der Waals surface area contributed by atoms with Gasteiger partial charge >= 0.3 is 0 Å². The van der Waals surface area contributed by atoms with Crippen LogP contribution in [0.4, 0.5) is 5.69 Å². The highest BCUT2D eigenvalue weighted by Crippen LogP contribution is 2.25. The second kappa shape index (κ2) is 9.97. The van der Waals surface area contributed by atoms with Gasteiger partial charge in [0, 0.05) is 0 Å². The number of nitrogens with one attached hydrogen (secondary N) is 2. The fourth-order valence-corrected chi connectivity index (χ4v) is 5.49. The van der Waals surface area contributed by atoms with Crippen molar-refractivity contribution in [1.29, 1.82) is 0 Å². The third-order valence-corrected chi connectivity index (χ3v) is 6.91. The van der Waals surface area contributed by atoms with Gasteiger partial charge in [0.15, 0.2) is 0 Å². The number of aryl methyl sites for hydroxylation is 3. The number of benzene rings is 3. The maximum absolute atomic E-state index is 13.3. The van der Waals surface area contributed by atoms with Gasteiger partial charge in [-0.2, -0.15) is 4.72 Å². The molecule has 1 amide bonds. The lowest BCUT2D eigenvalue weighted by Crippen LogP contribution is -2.45. The van der Waals surface area contributed by atoms with Crippen molar-refractivity contribution in [2.24, 2.45) is 0 Å². The Morgan fingerprint density at radius 2 is 1.53 bits per heavy atom. The Morgan fingerprint density at radius 1 is 0.938 bits per heavy atom. The first-order valence-corrected chi connectivity index (χ1v) is 11.8. The van der Waals surface area contributed by atoms with Gasteiger partial charge in [0.25, 0.3) is 0 Å². The lowest BCUT2D eigenvalue weighted by atomic mass is 10.1. The fourth-order valence-electron chi connectivity index (χ4n) is 3.84. The van der Waals surface area contributed by atoms with Crippen molar-refractivity contribution in [3.8, 4) is 5.75 Å². The molecule has 1 atom stereocenters. The van der Waals surface area contributed by atoms with Crippen LogP contribution in [0.25, 0.3) is 0 Å². The van der Waals surface area contributed by atoms with Gasteiger partial charge in [-0.3, -0.25) is 4.79 Å². The zero-order valence-corrected chi connectivity index (χ0v) is 19.5. The Labute approximate surface area is 189 Å². The van der Waals surface area contributed by atoms with Crippen LogP contribution in [0, 0.1) is 20.8 Å². The summed E-state index contributed by atoms with van der Waals surface area (Å²) in [6.45, 7) is 5.44. The number of carbonyl (C=O) groups excluding carboxylic acids is 1. The molecule has 0 saturated carbocycles. The van der Waals surface area contributed by atoms with Gasteiger partial charge in [-0.05, 0) is 56.0 Å². The van der Waals surface area contributed by atoms with Crippen LogP contribution in [-0.2, 0) is 21.2 Å². The second-order valence-electron chi connectivity index (χ2n) is 7.78. The molecule has 0 aliphatic heterocycles. The van der Waals surface area contributed by atoms with Crippen LogP contribution in [0.1, 0.15) is 22.3 Å². The molecule has 0 fully saturated rings. The van der Waals surface area contributed by atoms with Crippen molar-refractivity contribution < 1.29 is 17.9 Å². The summed E-state index contributed by atoms with van der Waals surface area (Å²) in [6, 6.07) is 18.9. The minimum absolute atomic E-state index is 0.199. The highest BCUT2D eigenvalue weighted by molar-refractivity contribution is 7.89. The second-order valence-corrected chi connectivity index (χ2v) is 9.43. The third kappa shape index (κ3) is 5.55. The Morgan fingerprint density at radius 3 is 2.16 bits per heavy atom. The number of sulfonamides is 1. The maximum atomic E-state index is 13.3. The smallest absolute Gasteiger partial charge is 0.243 e. The molecule has 2 N–H and O–H groups in total. The summed E-state index contributed by atoms with van der Waals surface area (Å²) in [7, 11) is -2.44. The van der Waals surface area contributed by atoms with Gasteiger partial charge in [-0.15, -0.1) is 0 Å². The van der Waals surface area contributed by atoms with E-state index in [9.17, 15) is 13.2 Å². The summed E-state index contributed by atoms with van der Waals surface area (Å²) in [4.78, 5) is 13.4. The lowest BCUT2D eigenvalue weighted by Gasteiger charge is -2.21. The van der Waals surface area contributed by atoms with Crippen LogP contribution in [0.3, 0.4) is 0 Å². The lowest BCUT2D eigenvalue weighted by molar-refractivity contribution is -0.117. The molecule has 0 aromatic heterocycles. The Kier molecular flexibility index (Phi) is 7.33. The number of anilines is 1. The van der Waals surface area contributed by atoms with Crippen LogP contribution in [0.15, 0.2) is 71.6 Å². The van der Waals surface area contributed by atoms with Crippen LogP contribution in [0.2, 0.25) is 0 Å². The van der Waals surface area contributed by atoms with Crippen molar-refractivity contribution >= 4 is 21.6 Å². The average Bonchev–Trinajstić information content (AvgIpc) is 2.73. The summed E-state index contributed by atoms with van der Waals surface area (Å²) in [5.41, 5.74) is 3.57. The van der Waals surface area contributed by atoms with Gasteiger partial charge in [-0.1, -0.05) is 60.2 Å². The summed E-state index contributed by atoms with van der Waals surface area (Å²) >= 11 is 0. The molecule has 0 bridgehead atoms. The molecule has 6 nitrogen and oxygen atoms in total. The summed E-state index contributed by atoms with van der Waals surface area (Å²) in [5.74, 6) is 0.0248. The van der Waals surface area contributed by atoms with E-state index in [0.717, 1.165) is 11.1 Å². The van der Waals surface area contributed by atoms with Crippen LogP contribution < -0.4 is 14.8 Å². The number of hydrogen-bond acceptors (Lipinski definition) is 4. The number of amides is 1. The Hall–Kier alpha value is -3.16. The van der Waals surface area contributed by atoms with Crippen molar-refractivity contribution in [3.05, 3.63) is 89.0 Å². The molecule has 3 aromatic carbocycles. The molecule has 32 heavy (non-hydrogen) atoms. The Balaban J connectivity index is 1.95. The Bertz CT molecular complexity index is 1180. The molecule has 3 aromatic rings. The minimum atomic E-state index is -3.95. The molecule has 0 heterocycles. The number of methoxy groups -OCH3 is 1. The summed E-state index contributed by atoms with van der Waals surface area (Å²) in [6.07, 6.45) is 0.199. The van der Waals surface area contributed by atoms with Gasteiger partial charge < -0.3 is 10.1 Å². The largest absolute Gasteiger partial charge is 0.495 e. The molecule has 0 aliphatic rings. The van der Waals surface area contributed by atoms with E-state index in [2.05, 4.69) is 10.0 Å². The molecule has 0 spiro atoms. The van der Waals surface area contributed by atoms with Crippen LogP contribution in [-0.4, -0.2) is 27.5 Å². The van der Waals surface area contributed by atoms with E-state index < -0.39 is 22.0 Å². The molecule has 0 saturated heterocycles. The summed E-state index contributed by atoms with van der Waals surface area (Å²) < 4.78 is 34.6. The van der Waals surface area contributed by atoms with Crippen molar-refractivity contribution in [1.82, 2.24) is 4.72 Å². The fraction of sp³-hybridized carbons (Fsp3) is 0.240. The van der Waals surface area contributed by atoms with E-state index in [-0.39, 0.29) is 11.3 Å². The molecular formula is C25H28N2O4S. The van der Waals surface area contributed by atoms with E-state index in [1.54, 1.807) is 38.1 Å². The van der Waals surface area contributed by atoms with Gasteiger partial charge in [0.2, 0.25) is 15.9 Å². The average molecular weight is 453 g/mol. The number of carbonyl (C=O) groups is 1. The molecule has 0 unspecified atom stereocenters. The van der Waals surface area contributed by atoms with Crippen molar-refractivity contribution in [2.45, 2.75) is 38.1 Å². The molecule has 168 valence electrons. The highest BCUT2D eigenvalue weighted by atomic mass is 32.2. The van der Waals surface area contributed by atoms with E-state index in [1.165, 1.54) is 7.11 Å². The zero-order chi connectivity index (χ0) is 23.3. The SMILES string of the molecule is COc1ccccc1NC(=O)[C@H](Cc1ccccc1)NS(=O)(=O)c1c(C)cc(C)cc1C. The molecule has 0 aliphatic carbocycles. The topological polar surface area (TPSA) is 84.5 Å². The number of para-hydroxylation sites is 2. The maximum Gasteiger partial charge on any atom is 0.243 e. The van der Waals surface area contributed by atoms with Gasteiger partial charge in [0.05, 0.1) is 17.7 Å². The number of hydrogen-bond donors (Lipinski definition) is 2. The molecule has 3 rings (SSSR count). The van der Waals surface area contributed by atoms with Crippen molar-refractivity contribution in [2.75, 3.05) is 12.4 Å². The van der Waals surface area contributed by atoms with Crippen molar-refractivity contribution in [3.63, 3.8) is 0 Å². The minimum Gasteiger partial charge on any atom is -0.495 e. The van der Waals surface area contributed by atoms with Crippen LogP contribution in [0.5, 0.6) is 5.75 Å². The zero-order valence-electron chi connectivity index (χ0n) is 18.7. The quantitative estimate of drug-likeness (QED) is 0.538. The van der Waals surface area contributed by atoms with E-state index in [4.69, 9.17) is 4.74 Å². The van der Waals surface area contributed by atoms with E-state index in [0.29, 0.717) is 22.6 Å².